The van der Waals surface area contributed by atoms with Gasteiger partial charge in [0.2, 0.25) is 5.91 Å². The van der Waals surface area contributed by atoms with Crippen LogP contribution in [-0.2, 0) is 9.53 Å². The Bertz CT molecular complexity index is 1320. The zero-order valence-corrected chi connectivity index (χ0v) is 22.7. The fraction of sp³-hybridized carbons (Fsp3) is 0.345. The molecule has 2 aromatic carbocycles. The molecule has 2 aliphatic heterocycles. The van der Waals surface area contributed by atoms with Crippen molar-refractivity contribution in [3.63, 3.8) is 0 Å². The number of likely N-dealkylation sites (N-methyl/N-ethyl adjacent to an activating group) is 1. The number of anilines is 2. The van der Waals surface area contributed by atoms with Crippen molar-refractivity contribution in [1.29, 1.82) is 0 Å². The molecule has 4 amide bonds. The molecule has 0 radical (unpaired) electrons. The average Bonchev–Trinajstić information content (AvgIpc) is 3.44. The van der Waals surface area contributed by atoms with Crippen LogP contribution in [0.5, 0.6) is 5.75 Å². The van der Waals surface area contributed by atoms with Crippen LogP contribution in [0, 0.1) is 0 Å². The van der Waals surface area contributed by atoms with E-state index in [1.165, 1.54) is 11.3 Å². The molecule has 1 saturated heterocycles. The third-order valence-corrected chi connectivity index (χ3v) is 7.90. The number of carbonyl (C=O) groups is 3. The molecule has 0 bridgehead atoms. The minimum atomic E-state index is -0.390. The van der Waals surface area contributed by atoms with E-state index in [0.717, 1.165) is 10.6 Å². The second-order valence-corrected chi connectivity index (χ2v) is 10.8. The van der Waals surface area contributed by atoms with Gasteiger partial charge in [-0.15, -0.1) is 11.3 Å². The predicted octanol–water partition coefficient (Wildman–Crippen LogP) is 5.04. The Morgan fingerprint density at radius 2 is 1.90 bits per heavy atom. The van der Waals surface area contributed by atoms with Crippen LogP contribution in [0.3, 0.4) is 0 Å². The number of amides is 4. The number of benzene rings is 2. The van der Waals surface area contributed by atoms with Gasteiger partial charge in [0.1, 0.15) is 18.5 Å². The zero-order chi connectivity index (χ0) is 27.4. The highest BCUT2D eigenvalue weighted by Crippen LogP contribution is 2.32. The van der Waals surface area contributed by atoms with Crippen LogP contribution in [0.25, 0.3) is 0 Å². The maximum absolute atomic E-state index is 13.5. The molecule has 39 heavy (non-hydrogen) atoms. The van der Waals surface area contributed by atoms with Crippen molar-refractivity contribution in [3.05, 3.63) is 77.2 Å². The molecular formula is C29H32N4O5S. The van der Waals surface area contributed by atoms with Crippen molar-refractivity contribution >= 4 is 39.9 Å². The number of carbonyl (C=O) groups excluding carboxylic acids is 3. The Labute approximate surface area is 231 Å². The first-order valence-electron chi connectivity index (χ1n) is 13.0. The summed E-state index contributed by atoms with van der Waals surface area (Å²) in [6, 6.07) is 17.8. The van der Waals surface area contributed by atoms with Crippen LogP contribution in [0.1, 0.15) is 48.1 Å². The summed E-state index contributed by atoms with van der Waals surface area (Å²) >= 11 is 1.42. The summed E-state index contributed by atoms with van der Waals surface area (Å²) in [7, 11) is 1.76. The van der Waals surface area contributed by atoms with Crippen LogP contribution in [0.4, 0.5) is 15.5 Å². The predicted molar refractivity (Wildman–Crippen MR) is 150 cm³/mol. The monoisotopic (exact) mass is 548 g/mol. The molecule has 9 nitrogen and oxygen atoms in total. The lowest BCUT2D eigenvalue weighted by Gasteiger charge is -2.42. The van der Waals surface area contributed by atoms with Gasteiger partial charge < -0.3 is 25.0 Å². The normalized spacial score (nSPS) is 21.3. The highest BCUT2D eigenvalue weighted by atomic mass is 32.1. The third kappa shape index (κ3) is 6.40. The molecule has 1 fully saturated rings. The van der Waals surface area contributed by atoms with Gasteiger partial charge in [0.05, 0.1) is 35.2 Å². The summed E-state index contributed by atoms with van der Waals surface area (Å²) in [6.45, 7) is 2.21. The molecule has 0 unspecified atom stereocenters. The third-order valence-electron chi connectivity index (χ3n) is 7.12. The lowest BCUT2D eigenvalue weighted by atomic mass is 9.94. The first-order valence-corrected chi connectivity index (χ1v) is 13.9. The van der Waals surface area contributed by atoms with Crippen LogP contribution in [0.2, 0.25) is 0 Å². The fourth-order valence-corrected chi connectivity index (χ4v) is 5.67. The molecule has 5 rings (SSSR count). The van der Waals surface area contributed by atoms with Crippen molar-refractivity contribution in [2.24, 2.45) is 0 Å². The molecule has 1 aromatic heterocycles. The highest BCUT2D eigenvalue weighted by Gasteiger charge is 2.39. The fourth-order valence-electron chi connectivity index (χ4n) is 5.06. The van der Waals surface area contributed by atoms with E-state index in [-0.39, 0.29) is 55.2 Å². The van der Waals surface area contributed by atoms with Crippen molar-refractivity contribution in [2.45, 2.75) is 50.5 Å². The summed E-state index contributed by atoms with van der Waals surface area (Å²) < 4.78 is 12.3. The molecule has 2 aliphatic rings. The van der Waals surface area contributed by atoms with Gasteiger partial charge in [-0.3, -0.25) is 14.9 Å². The second kappa shape index (κ2) is 11.9. The van der Waals surface area contributed by atoms with E-state index in [4.69, 9.17) is 9.47 Å². The van der Waals surface area contributed by atoms with Crippen molar-refractivity contribution in [3.8, 4) is 5.75 Å². The van der Waals surface area contributed by atoms with Crippen molar-refractivity contribution in [1.82, 2.24) is 10.2 Å². The standard InChI is InChI=1S/C29H32N4O5S/c1-18(19-7-4-3-5-8-19)30-26(34)16-21-11-12-23-25(38-21)17-37-24-13-10-20(15-22(24)28(35)33(23)2)31-29(36)32-27-9-6-14-39-27/h3-10,13-15,18,21,23,25H,11-12,16-17H2,1-2H3,(H,30,34)(H2,31,32,36)/t18-,21-,23+,25-/m1/s1. The molecule has 3 heterocycles. The van der Waals surface area contributed by atoms with E-state index in [1.807, 2.05) is 54.8 Å². The van der Waals surface area contributed by atoms with E-state index in [0.29, 0.717) is 29.8 Å². The number of fused-ring (bicyclic) bond motifs is 2. The molecule has 10 heteroatoms. The van der Waals surface area contributed by atoms with Gasteiger partial charge in [0.25, 0.3) is 5.91 Å². The molecule has 204 valence electrons. The van der Waals surface area contributed by atoms with Crippen LogP contribution < -0.4 is 20.7 Å². The van der Waals surface area contributed by atoms with Gasteiger partial charge in [0, 0.05) is 12.7 Å². The molecule has 4 atom stereocenters. The van der Waals surface area contributed by atoms with Gasteiger partial charge in [-0.25, -0.2) is 4.79 Å². The summed E-state index contributed by atoms with van der Waals surface area (Å²) in [4.78, 5) is 40.2. The number of thiophene rings is 1. The topological polar surface area (TPSA) is 109 Å². The van der Waals surface area contributed by atoms with Gasteiger partial charge in [0.15, 0.2) is 0 Å². The van der Waals surface area contributed by atoms with Crippen LogP contribution in [0.15, 0.2) is 66.0 Å². The Hall–Kier alpha value is -3.89. The number of nitrogens with zero attached hydrogens (tertiary/aromatic N) is 1. The highest BCUT2D eigenvalue weighted by molar-refractivity contribution is 7.14. The Kier molecular flexibility index (Phi) is 8.13. The SMILES string of the molecule is C[C@@H](NC(=O)C[C@H]1CC[C@H]2[C@@H](COc3ccc(NC(=O)Nc4cccs4)cc3C(=O)N2C)O1)c1ccccc1. The maximum Gasteiger partial charge on any atom is 0.324 e. The van der Waals surface area contributed by atoms with E-state index in [9.17, 15) is 14.4 Å². The quantitative estimate of drug-likeness (QED) is 0.400. The molecule has 3 N–H and O–H groups in total. The van der Waals surface area contributed by atoms with Gasteiger partial charge in [-0.2, -0.15) is 0 Å². The minimum Gasteiger partial charge on any atom is -0.490 e. The minimum absolute atomic E-state index is 0.0699. The Morgan fingerprint density at radius 3 is 2.67 bits per heavy atom. The lowest BCUT2D eigenvalue weighted by molar-refractivity contribution is -0.134. The number of rotatable bonds is 6. The second-order valence-electron chi connectivity index (χ2n) is 9.84. The van der Waals surface area contributed by atoms with Gasteiger partial charge in [-0.1, -0.05) is 30.3 Å². The zero-order valence-electron chi connectivity index (χ0n) is 21.9. The largest absolute Gasteiger partial charge is 0.490 e. The Morgan fingerprint density at radius 1 is 1.08 bits per heavy atom. The van der Waals surface area contributed by atoms with Gasteiger partial charge >= 0.3 is 6.03 Å². The Balaban J connectivity index is 1.21. The summed E-state index contributed by atoms with van der Waals surface area (Å²) in [5.41, 5.74) is 1.91. The summed E-state index contributed by atoms with van der Waals surface area (Å²) in [5, 5.41) is 11.2. The first kappa shape index (κ1) is 26.7. The summed E-state index contributed by atoms with van der Waals surface area (Å²) in [6.07, 6.45) is 0.979. The molecule has 0 aliphatic carbocycles. The maximum atomic E-state index is 13.5. The number of urea groups is 1. The molecule has 3 aromatic rings. The van der Waals surface area contributed by atoms with E-state index >= 15 is 0 Å². The van der Waals surface area contributed by atoms with Crippen LogP contribution >= 0.6 is 11.3 Å². The number of hydrogen-bond acceptors (Lipinski definition) is 6. The average molecular weight is 549 g/mol. The van der Waals surface area contributed by atoms with Crippen molar-refractivity contribution in [2.75, 3.05) is 24.3 Å². The molecule has 0 saturated carbocycles. The van der Waals surface area contributed by atoms with Crippen molar-refractivity contribution < 1.29 is 23.9 Å². The number of ether oxygens (including phenoxy) is 2. The number of nitrogens with one attached hydrogen (secondary N) is 3. The first-order chi connectivity index (χ1) is 18.9. The molecular weight excluding hydrogens is 516 g/mol. The lowest BCUT2D eigenvalue weighted by Crippen LogP contribution is -2.54. The van der Waals surface area contributed by atoms with Gasteiger partial charge in [-0.05, 0) is 61.0 Å². The van der Waals surface area contributed by atoms with E-state index in [1.54, 1.807) is 30.1 Å². The van der Waals surface area contributed by atoms with E-state index in [2.05, 4.69) is 16.0 Å². The summed E-state index contributed by atoms with van der Waals surface area (Å²) in [5.74, 6) is 0.146. The number of hydrogen-bond donors (Lipinski definition) is 3. The van der Waals surface area contributed by atoms with Crippen LogP contribution in [-0.4, -0.2) is 54.6 Å². The van der Waals surface area contributed by atoms with E-state index < -0.39 is 0 Å². The smallest absolute Gasteiger partial charge is 0.324 e. The molecule has 0 spiro atoms.